The van der Waals surface area contributed by atoms with Crippen molar-refractivity contribution in [3.8, 4) is 0 Å². The van der Waals surface area contributed by atoms with Gasteiger partial charge in [-0.1, -0.05) is 11.6 Å². The number of carbonyl (C=O) groups is 1. The lowest BCUT2D eigenvalue weighted by Crippen LogP contribution is -2.42. The smallest absolute Gasteiger partial charge is 0.322 e. The average molecular weight is 269 g/mol. The molecule has 0 bridgehead atoms. The first-order valence-corrected chi connectivity index (χ1v) is 6.29. The second-order valence-corrected chi connectivity index (χ2v) is 4.99. The molecular weight excluding hydrogens is 252 g/mol. The predicted octanol–water partition coefficient (Wildman–Crippen LogP) is 1.84. The monoisotopic (exact) mass is 268 g/mol. The molecule has 5 heteroatoms. The van der Waals surface area contributed by atoms with Crippen LogP contribution in [0.3, 0.4) is 0 Å². The second-order valence-electron chi connectivity index (χ2n) is 4.55. The summed E-state index contributed by atoms with van der Waals surface area (Å²) >= 11 is 6.01. The number of hydrogen-bond acceptors (Lipinski definition) is 4. The van der Waals surface area contributed by atoms with Gasteiger partial charge < -0.3 is 10.5 Å². The molecule has 1 aliphatic heterocycles. The van der Waals surface area contributed by atoms with Crippen LogP contribution in [0.15, 0.2) is 12.1 Å². The van der Waals surface area contributed by atoms with Crippen LogP contribution in [0.1, 0.15) is 18.1 Å². The third-order valence-corrected chi connectivity index (χ3v) is 3.67. The molecule has 2 rings (SSSR count). The molecule has 0 amide bonds. The number of carbonyl (C=O) groups excluding carboxylic acids is 1. The number of halogens is 1. The van der Waals surface area contributed by atoms with Gasteiger partial charge in [0.1, 0.15) is 6.04 Å². The van der Waals surface area contributed by atoms with Crippen molar-refractivity contribution in [3.05, 3.63) is 28.3 Å². The van der Waals surface area contributed by atoms with Crippen LogP contribution in [0.2, 0.25) is 5.02 Å². The van der Waals surface area contributed by atoms with Gasteiger partial charge in [-0.05, 0) is 36.6 Å². The number of anilines is 1. The number of rotatable bonds is 2. The Morgan fingerprint density at radius 1 is 1.56 bits per heavy atom. The molecule has 0 radical (unpaired) electrons. The molecule has 0 fully saturated rings. The molecule has 0 aromatic heterocycles. The van der Waals surface area contributed by atoms with Crippen molar-refractivity contribution >= 4 is 23.3 Å². The summed E-state index contributed by atoms with van der Waals surface area (Å²) in [6, 6.07) is 3.45. The largest absolute Gasteiger partial charge is 0.468 e. The first-order chi connectivity index (χ1) is 8.52. The van der Waals surface area contributed by atoms with Crippen molar-refractivity contribution < 1.29 is 9.53 Å². The lowest BCUT2D eigenvalue weighted by Gasteiger charge is -2.32. The fraction of sp³-hybridized carbons (Fsp3) is 0.462. The first-order valence-electron chi connectivity index (χ1n) is 5.91. The zero-order valence-corrected chi connectivity index (χ0v) is 11.3. The van der Waals surface area contributed by atoms with E-state index in [-0.39, 0.29) is 12.0 Å². The Kier molecular flexibility index (Phi) is 3.78. The Bertz CT molecular complexity index is 476. The molecule has 1 atom stereocenters. The van der Waals surface area contributed by atoms with E-state index in [1.54, 1.807) is 6.07 Å². The molecule has 1 aromatic rings. The standard InChI is InChI=1S/C13H17ClN2O2/c1-8(13(17)18-2)16-4-3-11-9(7-16)5-10(14)6-12(11)15/h5-6,8H,3-4,7,15H2,1-2H3. The van der Waals surface area contributed by atoms with E-state index in [9.17, 15) is 4.79 Å². The van der Waals surface area contributed by atoms with Gasteiger partial charge in [-0.2, -0.15) is 0 Å². The molecule has 0 saturated heterocycles. The van der Waals surface area contributed by atoms with Gasteiger partial charge in [0.25, 0.3) is 0 Å². The van der Waals surface area contributed by atoms with Gasteiger partial charge in [0.2, 0.25) is 0 Å². The second kappa shape index (κ2) is 5.16. The molecule has 2 N–H and O–H groups in total. The highest BCUT2D eigenvalue weighted by Crippen LogP contribution is 2.29. The number of nitrogens with two attached hydrogens (primary N) is 1. The van der Waals surface area contributed by atoms with Crippen molar-refractivity contribution in [1.29, 1.82) is 0 Å². The molecule has 1 heterocycles. The Morgan fingerprint density at radius 3 is 2.94 bits per heavy atom. The molecule has 0 aliphatic carbocycles. The van der Waals surface area contributed by atoms with Gasteiger partial charge in [0.15, 0.2) is 0 Å². The van der Waals surface area contributed by atoms with E-state index in [4.69, 9.17) is 22.1 Å². The van der Waals surface area contributed by atoms with E-state index >= 15 is 0 Å². The maximum absolute atomic E-state index is 11.5. The fourth-order valence-electron chi connectivity index (χ4n) is 2.37. The van der Waals surface area contributed by atoms with Crippen LogP contribution in [-0.2, 0) is 22.5 Å². The van der Waals surface area contributed by atoms with E-state index in [1.165, 1.54) is 7.11 Å². The van der Waals surface area contributed by atoms with Gasteiger partial charge in [0.05, 0.1) is 7.11 Å². The molecule has 1 unspecified atom stereocenters. The minimum absolute atomic E-state index is 0.214. The van der Waals surface area contributed by atoms with Crippen LogP contribution in [-0.4, -0.2) is 30.6 Å². The van der Waals surface area contributed by atoms with Crippen LogP contribution < -0.4 is 5.73 Å². The number of nitrogens with zero attached hydrogens (tertiary/aromatic N) is 1. The number of esters is 1. The van der Waals surface area contributed by atoms with Crippen molar-refractivity contribution in [2.24, 2.45) is 0 Å². The zero-order chi connectivity index (χ0) is 13.3. The molecular formula is C13H17ClN2O2. The van der Waals surface area contributed by atoms with Crippen LogP contribution in [0, 0.1) is 0 Å². The molecule has 4 nitrogen and oxygen atoms in total. The van der Waals surface area contributed by atoms with Crippen molar-refractivity contribution in [2.75, 3.05) is 19.4 Å². The van der Waals surface area contributed by atoms with Crippen molar-refractivity contribution in [3.63, 3.8) is 0 Å². The Balaban J connectivity index is 2.22. The summed E-state index contributed by atoms with van der Waals surface area (Å²) in [5, 5.41) is 0.638. The van der Waals surface area contributed by atoms with Gasteiger partial charge in [0, 0.05) is 23.8 Å². The van der Waals surface area contributed by atoms with Gasteiger partial charge in [-0.3, -0.25) is 9.69 Å². The molecule has 0 spiro atoms. The first kappa shape index (κ1) is 13.2. The van der Waals surface area contributed by atoms with Gasteiger partial charge in [-0.25, -0.2) is 0 Å². The van der Waals surface area contributed by atoms with Crippen LogP contribution in [0.5, 0.6) is 0 Å². The Labute approximate surface area is 112 Å². The van der Waals surface area contributed by atoms with Crippen molar-refractivity contribution in [2.45, 2.75) is 25.9 Å². The van der Waals surface area contributed by atoms with Gasteiger partial charge >= 0.3 is 5.97 Å². The summed E-state index contributed by atoms with van der Waals surface area (Å²) in [6.07, 6.45) is 0.833. The number of benzene rings is 1. The van der Waals surface area contributed by atoms with E-state index in [1.807, 2.05) is 13.0 Å². The third kappa shape index (κ3) is 2.44. The van der Waals surface area contributed by atoms with E-state index < -0.39 is 0 Å². The Morgan fingerprint density at radius 2 is 2.28 bits per heavy atom. The lowest BCUT2D eigenvalue weighted by molar-refractivity contribution is -0.146. The van der Waals surface area contributed by atoms with Crippen molar-refractivity contribution in [1.82, 2.24) is 4.90 Å². The molecule has 1 aliphatic rings. The SMILES string of the molecule is COC(=O)C(C)N1CCc2c(N)cc(Cl)cc2C1. The summed E-state index contributed by atoms with van der Waals surface area (Å²) in [5.74, 6) is -0.214. The van der Waals surface area contributed by atoms with Crippen LogP contribution >= 0.6 is 11.6 Å². The number of methoxy groups -OCH3 is 1. The summed E-state index contributed by atoms with van der Waals surface area (Å²) in [4.78, 5) is 13.6. The summed E-state index contributed by atoms with van der Waals surface area (Å²) < 4.78 is 4.77. The van der Waals surface area contributed by atoms with E-state index in [0.29, 0.717) is 11.6 Å². The summed E-state index contributed by atoms with van der Waals surface area (Å²) in [7, 11) is 1.41. The number of nitrogen functional groups attached to an aromatic ring is 1. The molecule has 1 aromatic carbocycles. The number of fused-ring (bicyclic) bond motifs is 1. The highest BCUT2D eigenvalue weighted by atomic mass is 35.5. The van der Waals surface area contributed by atoms with Crippen LogP contribution in [0.4, 0.5) is 5.69 Å². The average Bonchev–Trinajstić information content (AvgIpc) is 2.36. The molecule has 98 valence electrons. The van der Waals surface area contributed by atoms with Crippen LogP contribution in [0.25, 0.3) is 0 Å². The normalized spacial score (nSPS) is 17.1. The third-order valence-electron chi connectivity index (χ3n) is 3.45. The molecule has 18 heavy (non-hydrogen) atoms. The lowest BCUT2D eigenvalue weighted by atomic mass is 9.97. The fourth-order valence-corrected chi connectivity index (χ4v) is 2.61. The van der Waals surface area contributed by atoms with Gasteiger partial charge in [-0.15, -0.1) is 0 Å². The molecule has 0 saturated carbocycles. The highest BCUT2D eigenvalue weighted by molar-refractivity contribution is 6.31. The minimum atomic E-state index is -0.247. The maximum atomic E-state index is 11.5. The topological polar surface area (TPSA) is 55.6 Å². The predicted molar refractivity (Wildman–Crippen MR) is 71.5 cm³/mol. The minimum Gasteiger partial charge on any atom is -0.468 e. The summed E-state index contributed by atoms with van der Waals surface area (Å²) in [5.41, 5.74) is 8.94. The number of ether oxygens (including phenoxy) is 1. The van der Waals surface area contributed by atoms with E-state index in [0.717, 1.165) is 29.8 Å². The zero-order valence-electron chi connectivity index (χ0n) is 10.6. The quantitative estimate of drug-likeness (QED) is 0.657. The highest BCUT2D eigenvalue weighted by Gasteiger charge is 2.26. The number of hydrogen-bond donors (Lipinski definition) is 1. The Hall–Kier alpha value is -1.26. The summed E-state index contributed by atoms with van der Waals surface area (Å²) in [6.45, 7) is 3.33. The van der Waals surface area contributed by atoms with E-state index in [2.05, 4.69) is 4.90 Å². The maximum Gasteiger partial charge on any atom is 0.322 e.